The van der Waals surface area contributed by atoms with Gasteiger partial charge in [-0.15, -0.1) is 0 Å². The first-order valence-electron chi connectivity index (χ1n) is 7.21. The molecular weight excluding hydrogens is 230 g/mol. The van der Waals surface area contributed by atoms with Crippen molar-refractivity contribution in [3.05, 3.63) is 0 Å². The highest BCUT2D eigenvalue weighted by molar-refractivity contribution is 7.84. The van der Waals surface area contributed by atoms with E-state index in [-0.39, 0.29) is 0 Å². The highest BCUT2D eigenvalue weighted by atomic mass is 32.2. The molecule has 102 valence electrons. The van der Waals surface area contributed by atoms with Crippen molar-refractivity contribution in [3.63, 3.8) is 0 Å². The lowest BCUT2D eigenvalue weighted by Crippen LogP contribution is -2.32. The van der Waals surface area contributed by atoms with Crippen LogP contribution in [0.2, 0.25) is 0 Å². The van der Waals surface area contributed by atoms with Gasteiger partial charge in [-0.3, -0.25) is 4.21 Å². The molecule has 0 heterocycles. The summed E-state index contributed by atoms with van der Waals surface area (Å²) in [5.74, 6) is 3.27. The molecule has 0 spiro atoms. The predicted octanol–water partition coefficient (Wildman–Crippen LogP) is 2.95. The Morgan fingerprint density at radius 1 is 1.29 bits per heavy atom. The molecule has 0 radical (unpaired) electrons. The summed E-state index contributed by atoms with van der Waals surface area (Å²) in [6, 6.07) is 0.696. The zero-order valence-corrected chi connectivity index (χ0v) is 12.5. The summed E-state index contributed by atoms with van der Waals surface area (Å²) in [6.45, 7) is 7.65. The Bertz CT molecular complexity index is 230. The molecule has 1 aliphatic carbocycles. The van der Waals surface area contributed by atoms with Gasteiger partial charge >= 0.3 is 0 Å². The topological polar surface area (TPSA) is 29.1 Å². The average molecular weight is 259 g/mol. The molecule has 2 nitrogen and oxygen atoms in total. The van der Waals surface area contributed by atoms with Crippen molar-refractivity contribution in [1.29, 1.82) is 0 Å². The van der Waals surface area contributed by atoms with Crippen molar-refractivity contribution >= 4 is 10.8 Å². The van der Waals surface area contributed by atoms with E-state index in [1.54, 1.807) is 0 Å². The molecule has 0 aliphatic heterocycles. The van der Waals surface area contributed by atoms with Crippen molar-refractivity contribution in [2.75, 3.05) is 18.1 Å². The normalized spacial score (nSPS) is 26.6. The van der Waals surface area contributed by atoms with Crippen LogP contribution < -0.4 is 5.32 Å². The first-order chi connectivity index (χ1) is 8.13. The second-order valence-corrected chi connectivity index (χ2v) is 7.37. The van der Waals surface area contributed by atoms with Crippen molar-refractivity contribution in [2.24, 2.45) is 11.8 Å². The summed E-state index contributed by atoms with van der Waals surface area (Å²) >= 11 is 0. The van der Waals surface area contributed by atoms with Crippen LogP contribution in [0.4, 0.5) is 0 Å². The molecule has 0 aromatic carbocycles. The van der Waals surface area contributed by atoms with Gasteiger partial charge in [0, 0.05) is 28.3 Å². The van der Waals surface area contributed by atoms with E-state index >= 15 is 0 Å². The van der Waals surface area contributed by atoms with E-state index in [0.29, 0.717) is 12.0 Å². The van der Waals surface area contributed by atoms with Gasteiger partial charge in [-0.1, -0.05) is 27.2 Å². The summed E-state index contributed by atoms with van der Waals surface area (Å²) in [7, 11) is -0.583. The Morgan fingerprint density at radius 2 is 2.06 bits per heavy atom. The minimum atomic E-state index is -0.583. The van der Waals surface area contributed by atoms with E-state index in [0.717, 1.165) is 36.8 Å². The van der Waals surface area contributed by atoms with Crippen LogP contribution in [0.5, 0.6) is 0 Å². The molecule has 0 aromatic rings. The van der Waals surface area contributed by atoms with Gasteiger partial charge in [0.1, 0.15) is 0 Å². The van der Waals surface area contributed by atoms with Gasteiger partial charge in [0.05, 0.1) is 0 Å². The minimum Gasteiger partial charge on any atom is -0.314 e. The van der Waals surface area contributed by atoms with E-state index < -0.39 is 10.8 Å². The van der Waals surface area contributed by atoms with Crippen LogP contribution in [0.3, 0.4) is 0 Å². The van der Waals surface area contributed by atoms with Crippen molar-refractivity contribution in [3.8, 4) is 0 Å². The van der Waals surface area contributed by atoms with E-state index in [2.05, 4.69) is 26.1 Å². The largest absolute Gasteiger partial charge is 0.314 e. The van der Waals surface area contributed by atoms with E-state index in [4.69, 9.17) is 0 Å². The van der Waals surface area contributed by atoms with Gasteiger partial charge in [0.15, 0.2) is 0 Å². The maximum atomic E-state index is 11.9. The second kappa shape index (κ2) is 8.25. The standard InChI is InChI=1S/C14H29NOS/c1-4-15-14-7-5-6-13(14)9-11-17(16)10-8-12(2)3/h12-15H,4-11H2,1-3H3. The van der Waals surface area contributed by atoms with Crippen LogP contribution in [0, 0.1) is 11.8 Å². The maximum Gasteiger partial charge on any atom is 0.0238 e. The number of nitrogens with one attached hydrogen (secondary N) is 1. The lowest BCUT2D eigenvalue weighted by atomic mass is 10.0. The van der Waals surface area contributed by atoms with Crippen LogP contribution >= 0.6 is 0 Å². The zero-order valence-electron chi connectivity index (χ0n) is 11.7. The van der Waals surface area contributed by atoms with Gasteiger partial charge in [-0.05, 0) is 44.1 Å². The summed E-state index contributed by atoms with van der Waals surface area (Å²) in [6.07, 6.45) is 6.26. The van der Waals surface area contributed by atoms with Gasteiger partial charge in [-0.25, -0.2) is 0 Å². The van der Waals surface area contributed by atoms with E-state index in [1.165, 1.54) is 19.3 Å². The number of rotatable bonds is 8. The van der Waals surface area contributed by atoms with Gasteiger partial charge < -0.3 is 5.32 Å². The highest BCUT2D eigenvalue weighted by Crippen LogP contribution is 2.28. The molecule has 1 saturated carbocycles. The van der Waals surface area contributed by atoms with E-state index in [9.17, 15) is 4.21 Å². The quantitative estimate of drug-likeness (QED) is 0.726. The van der Waals surface area contributed by atoms with Gasteiger partial charge in [0.25, 0.3) is 0 Å². The van der Waals surface area contributed by atoms with Gasteiger partial charge in [0.2, 0.25) is 0 Å². The first kappa shape index (κ1) is 15.2. The molecule has 1 N–H and O–H groups in total. The van der Waals surface area contributed by atoms with Crippen LogP contribution in [0.1, 0.15) is 52.9 Å². The van der Waals surface area contributed by atoms with Gasteiger partial charge in [-0.2, -0.15) is 0 Å². The zero-order chi connectivity index (χ0) is 12.7. The third-order valence-electron chi connectivity index (χ3n) is 3.76. The summed E-state index contributed by atoms with van der Waals surface area (Å²) in [5.41, 5.74) is 0. The molecule has 1 aliphatic rings. The van der Waals surface area contributed by atoms with Crippen molar-refractivity contribution in [2.45, 2.75) is 58.9 Å². The molecule has 3 unspecified atom stereocenters. The van der Waals surface area contributed by atoms with Crippen LogP contribution in [0.15, 0.2) is 0 Å². The Labute approximate surface area is 109 Å². The fourth-order valence-electron chi connectivity index (χ4n) is 2.67. The smallest absolute Gasteiger partial charge is 0.0238 e. The molecule has 0 amide bonds. The Kier molecular flexibility index (Phi) is 7.36. The Balaban J connectivity index is 2.18. The van der Waals surface area contributed by atoms with Crippen molar-refractivity contribution in [1.82, 2.24) is 5.32 Å². The molecule has 0 aromatic heterocycles. The summed E-state index contributed by atoms with van der Waals surface area (Å²) < 4.78 is 11.9. The Morgan fingerprint density at radius 3 is 2.71 bits per heavy atom. The molecular formula is C14H29NOS. The highest BCUT2D eigenvalue weighted by Gasteiger charge is 2.26. The molecule has 1 fully saturated rings. The molecule has 1 rings (SSSR count). The van der Waals surface area contributed by atoms with Crippen LogP contribution in [-0.2, 0) is 10.8 Å². The third kappa shape index (κ3) is 6.01. The number of hydrogen-bond donors (Lipinski definition) is 1. The van der Waals surface area contributed by atoms with E-state index in [1.807, 2.05) is 0 Å². The average Bonchev–Trinajstić information content (AvgIpc) is 2.71. The predicted molar refractivity (Wildman–Crippen MR) is 76.8 cm³/mol. The SMILES string of the molecule is CCNC1CCCC1CCS(=O)CCC(C)C. The first-order valence-corrected chi connectivity index (χ1v) is 8.70. The minimum absolute atomic E-state index is 0.583. The summed E-state index contributed by atoms with van der Waals surface area (Å²) in [4.78, 5) is 0. The molecule has 0 bridgehead atoms. The lowest BCUT2D eigenvalue weighted by molar-refractivity contribution is 0.399. The third-order valence-corrected chi connectivity index (χ3v) is 5.15. The van der Waals surface area contributed by atoms with Crippen LogP contribution in [0.25, 0.3) is 0 Å². The lowest BCUT2D eigenvalue weighted by Gasteiger charge is -2.20. The van der Waals surface area contributed by atoms with Crippen molar-refractivity contribution < 1.29 is 4.21 Å². The molecule has 3 atom stereocenters. The maximum absolute atomic E-state index is 11.9. The monoisotopic (exact) mass is 259 g/mol. The molecule has 17 heavy (non-hydrogen) atoms. The second-order valence-electron chi connectivity index (χ2n) is 5.67. The van der Waals surface area contributed by atoms with Crippen LogP contribution in [-0.4, -0.2) is 28.3 Å². The fraction of sp³-hybridized carbons (Fsp3) is 1.00. The Hall–Kier alpha value is 0.110. The number of hydrogen-bond acceptors (Lipinski definition) is 2. The summed E-state index contributed by atoms with van der Waals surface area (Å²) in [5, 5.41) is 3.57. The fourth-order valence-corrected chi connectivity index (χ4v) is 4.17. The molecule has 0 saturated heterocycles. The molecule has 3 heteroatoms.